The summed E-state index contributed by atoms with van der Waals surface area (Å²) in [6.45, 7) is 6.44. The molecule has 4 heteroatoms. The molecule has 0 radical (unpaired) electrons. The van der Waals surface area contributed by atoms with Gasteiger partial charge in [0, 0.05) is 31.2 Å². The van der Waals surface area contributed by atoms with E-state index in [4.69, 9.17) is 0 Å². The Hall–Kier alpha value is -0.640. The monoisotopic (exact) mass is 213 g/mol. The van der Waals surface area contributed by atoms with Gasteiger partial charge >= 0.3 is 0 Å². The van der Waals surface area contributed by atoms with Crippen LogP contribution in [-0.2, 0) is 6.54 Å². The van der Waals surface area contributed by atoms with Gasteiger partial charge in [-0.05, 0) is 12.2 Å². The van der Waals surface area contributed by atoms with E-state index in [-0.39, 0.29) is 0 Å². The number of thioether (sulfide) groups is 1. The first kappa shape index (κ1) is 11.4. The molecule has 1 aromatic heterocycles. The Morgan fingerprint density at radius 1 is 1.57 bits per heavy atom. The molecule has 80 valence electrons. The molecular formula is C10H19N3S. The number of anilines is 1. The van der Waals surface area contributed by atoms with Gasteiger partial charge in [0.05, 0.1) is 0 Å². The highest BCUT2D eigenvalue weighted by molar-refractivity contribution is 7.98. The molecule has 0 spiro atoms. The number of rotatable bonds is 6. The fourth-order valence-corrected chi connectivity index (χ4v) is 1.59. The van der Waals surface area contributed by atoms with Crippen LogP contribution in [0.2, 0.25) is 0 Å². The lowest BCUT2D eigenvalue weighted by Gasteiger charge is -2.11. The van der Waals surface area contributed by atoms with Crippen LogP contribution in [0.15, 0.2) is 12.4 Å². The van der Waals surface area contributed by atoms with E-state index in [1.165, 1.54) is 0 Å². The molecule has 1 rings (SSSR count). The van der Waals surface area contributed by atoms with Gasteiger partial charge in [-0.3, -0.25) is 0 Å². The molecule has 14 heavy (non-hydrogen) atoms. The molecule has 0 aliphatic heterocycles. The van der Waals surface area contributed by atoms with Crippen molar-refractivity contribution in [1.82, 2.24) is 9.55 Å². The molecule has 0 bridgehead atoms. The molecule has 0 unspecified atom stereocenters. The van der Waals surface area contributed by atoms with E-state index >= 15 is 0 Å². The van der Waals surface area contributed by atoms with E-state index in [9.17, 15) is 0 Å². The second-order valence-corrected chi connectivity index (χ2v) is 4.70. The Morgan fingerprint density at radius 2 is 2.36 bits per heavy atom. The van der Waals surface area contributed by atoms with Gasteiger partial charge in [-0.2, -0.15) is 11.8 Å². The lowest BCUT2D eigenvalue weighted by molar-refractivity contribution is 0.526. The molecule has 0 aromatic carbocycles. The first-order chi connectivity index (χ1) is 6.74. The topological polar surface area (TPSA) is 29.9 Å². The van der Waals surface area contributed by atoms with Crippen molar-refractivity contribution in [3.63, 3.8) is 0 Å². The zero-order valence-corrected chi connectivity index (χ0v) is 9.97. The zero-order valence-electron chi connectivity index (χ0n) is 9.16. The van der Waals surface area contributed by atoms with Gasteiger partial charge in [0.25, 0.3) is 0 Å². The molecule has 0 atom stereocenters. The van der Waals surface area contributed by atoms with Crippen LogP contribution < -0.4 is 5.32 Å². The Kier molecular flexibility index (Phi) is 4.87. The largest absolute Gasteiger partial charge is 0.355 e. The second-order valence-electron chi connectivity index (χ2n) is 3.72. The van der Waals surface area contributed by atoms with E-state index in [2.05, 4.69) is 35.0 Å². The fraction of sp³-hybridized carbons (Fsp3) is 0.700. The van der Waals surface area contributed by atoms with Crippen LogP contribution in [0.3, 0.4) is 0 Å². The van der Waals surface area contributed by atoms with Crippen LogP contribution in [0.5, 0.6) is 0 Å². The lowest BCUT2D eigenvalue weighted by Crippen LogP contribution is -2.12. The van der Waals surface area contributed by atoms with Gasteiger partial charge in [0.1, 0.15) is 0 Å². The summed E-state index contributed by atoms with van der Waals surface area (Å²) in [5.41, 5.74) is 0. The van der Waals surface area contributed by atoms with Crippen molar-refractivity contribution in [3.05, 3.63) is 12.4 Å². The van der Waals surface area contributed by atoms with Crippen molar-refractivity contribution in [1.29, 1.82) is 0 Å². The van der Waals surface area contributed by atoms with Crippen molar-refractivity contribution in [3.8, 4) is 0 Å². The first-order valence-corrected chi connectivity index (χ1v) is 6.37. The summed E-state index contributed by atoms with van der Waals surface area (Å²) < 4.78 is 2.17. The molecule has 1 N–H and O–H groups in total. The van der Waals surface area contributed by atoms with Crippen LogP contribution in [0.25, 0.3) is 0 Å². The molecule has 1 heterocycles. The number of hydrogen-bond acceptors (Lipinski definition) is 3. The van der Waals surface area contributed by atoms with Gasteiger partial charge in [0.15, 0.2) is 0 Å². The average Bonchev–Trinajstić information content (AvgIpc) is 2.52. The van der Waals surface area contributed by atoms with Crippen LogP contribution >= 0.6 is 11.8 Å². The Bertz CT molecular complexity index is 258. The fourth-order valence-electron chi connectivity index (χ4n) is 1.28. The van der Waals surface area contributed by atoms with E-state index in [0.29, 0.717) is 5.92 Å². The third-order valence-corrected chi connectivity index (χ3v) is 2.48. The molecular weight excluding hydrogens is 194 g/mol. The van der Waals surface area contributed by atoms with E-state index in [0.717, 1.165) is 24.8 Å². The maximum Gasteiger partial charge on any atom is 0.202 e. The van der Waals surface area contributed by atoms with E-state index in [1.807, 2.05) is 24.2 Å². The highest BCUT2D eigenvalue weighted by Gasteiger charge is 2.02. The highest BCUT2D eigenvalue weighted by Crippen LogP contribution is 2.08. The van der Waals surface area contributed by atoms with Crippen molar-refractivity contribution in [2.45, 2.75) is 20.4 Å². The number of nitrogens with zero attached hydrogens (tertiary/aromatic N) is 2. The zero-order chi connectivity index (χ0) is 10.4. The number of aromatic nitrogens is 2. The molecule has 0 saturated heterocycles. The summed E-state index contributed by atoms with van der Waals surface area (Å²) >= 11 is 1.84. The normalized spacial score (nSPS) is 10.9. The van der Waals surface area contributed by atoms with Crippen LogP contribution in [0.4, 0.5) is 5.95 Å². The Labute approximate surface area is 90.3 Å². The molecule has 3 nitrogen and oxygen atoms in total. The number of imidazole rings is 1. The summed E-state index contributed by atoms with van der Waals surface area (Å²) in [4.78, 5) is 4.28. The predicted molar refractivity (Wildman–Crippen MR) is 63.9 cm³/mol. The first-order valence-electron chi connectivity index (χ1n) is 4.98. The van der Waals surface area contributed by atoms with Gasteiger partial charge in [-0.15, -0.1) is 0 Å². The van der Waals surface area contributed by atoms with Crippen molar-refractivity contribution < 1.29 is 0 Å². The SMILES string of the molecule is CSCCNc1nccn1CC(C)C. The van der Waals surface area contributed by atoms with Crippen molar-refractivity contribution in [2.75, 3.05) is 23.9 Å². The van der Waals surface area contributed by atoms with Crippen molar-refractivity contribution >= 4 is 17.7 Å². The summed E-state index contributed by atoms with van der Waals surface area (Å²) in [6.07, 6.45) is 5.99. The summed E-state index contributed by atoms with van der Waals surface area (Å²) in [5.74, 6) is 2.77. The lowest BCUT2D eigenvalue weighted by atomic mass is 10.2. The van der Waals surface area contributed by atoms with Crippen LogP contribution in [0.1, 0.15) is 13.8 Å². The number of hydrogen-bond donors (Lipinski definition) is 1. The number of nitrogens with one attached hydrogen (secondary N) is 1. The average molecular weight is 213 g/mol. The summed E-state index contributed by atoms with van der Waals surface area (Å²) in [7, 11) is 0. The Balaban J connectivity index is 2.45. The molecule has 0 aliphatic carbocycles. The van der Waals surface area contributed by atoms with Gasteiger partial charge in [-0.1, -0.05) is 13.8 Å². The summed E-state index contributed by atoms with van der Waals surface area (Å²) in [5, 5.41) is 3.33. The van der Waals surface area contributed by atoms with Gasteiger partial charge in [0.2, 0.25) is 5.95 Å². The maximum atomic E-state index is 4.28. The molecule has 1 aromatic rings. The minimum atomic E-state index is 0.658. The third-order valence-electron chi connectivity index (χ3n) is 1.87. The molecule has 0 aliphatic rings. The van der Waals surface area contributed by atoms with Crippen LogP contribution in [-0.4, -0.2) is 28.1 Å². The van der Waals surface area contributed by atoms with Crippen molar-refractivity contribution in [2.24, 2.45) is 5.92 Å². The van der Waals surface area contributed by atoms with Gasteiger partial charge in [-0.25, -0.2) is 4.98 Å². The molecule has 0 saturated carbocycles. The second kappa shape index (κ2) is 5.96. The summed E-state index contributed by atoms with van der Waals surface area (Å²) in [6, 6.07) is 0. The van der Waals surface area contributed by atoms with E-state index < -0.39 is 0 Å². The van der Waals surface area contributed by atoms with Gasteiger partial charge < -0.3 is 9.88 Å². The third kappa shape index (κ3) is 3.62. The Morgan fingerprint density at radius 3 is 3.00 bits per heavy atom. The molecule has 0 amide bonds. The quantitative estimate of drug-likeness (QED) is 0.735. The highest BCUT2D eigenvalue weighted by atomic mass is 32.2. The standard InChI is InChI=1S/C10H19N3S/c1-9(2)8-13-6-4-11-10(13)12-5-7-14-3/h4,6,9H,5,7-8H2,1-3H3,(H,11,12). The van der Waals surface area contributed by atoms with E-state index in [1.54, 1.807) is 0 Å². The minimum Gasteiger partial charge on any atom is -0.355 e. The molecule has 0 fully saturated rings. The maximum absolute atomic E-state index is 4.28. The van der Waals surface area contributed by atoms with Crippen LogP contribution in [0, 0.1) is 5.92 Å². The predicted octanol–water partition coefficient (Wildman–Crippen LogP) is 2.31. The minimum absolute atomic E-state index is 0.658. The smallest absolute Gasteiger partial charge is 0.202 e.